The monoisotopic (exact) mass is 137 g/mol. The van der Waals surface area contributed by atoms with Gasteiger partial charge < -0.3 is 10.7 Å². The highest BCUT2D eigenvalue weighted by Gasteiger charge is 2.01. The van der Waals surface area contributed by atoms with Gasteiger partial charge >= 0.3 is 0 Å². The minimum atomic E-state index is -0.399. The molecule has 1 amide bonds. The molecule has 0 bridgehead atoms. The van der Waals surface area contributed by atoms with Gasteiger partial charge in [-0.25, -0.2) is 0 Å². The van der Waals surface area contributed by atoms with Crippen LogP contribution in [0.3, 0.4) is 0 Å². The molecule has 1 radical (unpaired) electrons. The molecule has 0 saturated heterocycles. The summed E-state index contributed by atoms with van der Waals surface area (Å²) in [6, 6.07) is 1.71. The first-order valence-electron chi connectivity index (χ1n) is 3.01. The fourth-order valence-electron chi connectivity index (χ4n) is 0.721. The third kappa shape index (κ3) is 1.18. The van der Waals surface area contributed by atoms with Crippen molar-refractivity contribution in [3.63, 3.8) is 0 Å². The van der Waals surface area contributed by atoms with Gasteiger partial charge in [0.2, 0.25) is 5.91 Å². The molecule has 3 N–H and O–H groups in total. The van der Waals surface area contributed by atoms with Crippen molar-refractivity contribution < 1.29 is 4.79 Å². The van der Waals surface area contributed by atoms with Gasteiger partial charge in [-0.15, -0.1) is 0 Å². The van der Waals surface area contributed by atoms with E-state index >= 15 is 0 Å². The van der Waals surface area contributed by atoms with Gasteiger partial charge in [0.25, 0.3) is 0 Å². The highest BCUT2D eigenvalue weighted by atomic mass is 16.1. The van der Waals surface area contributed by atoms with Crippen LogP contribution in [0, 0.1) is 6.42 Å². The summed E-state index contributed by atoms with van der Waals surface area (Å²) in [5.41, 5.74) is 6.44. The minimum absolute atomic E-state index is 0.399. The fraction of sp³-hybridized carbons (Fsp3) is 0.143. The number of hydrogen-bond donors (Lipinski definition) is 2. The summed E-state index contributed by atoms with van der Waals surface area (Å²) in [7, 11) is 0. The first kappa shape index (κ1) is 6.86. The Balaban J connectivity index is 2.88. The second-order valence-electron chi connectivity index (χ2n) is 2.00. The molecule has 10 heavy (non-hydrogen) atoms. The van der Waals surface area contributed by atoms with Gasteiger partial charge in [0, 0.05) is 18.3 Å². The molecule has 1 aromatic heterocycles. The summed E-state index contributed by atoms with van der Waals surface area (Å²) in [6.07, 6.45) is 3.46. The van der Waals surface area contributed by atoms with Crippen molar-refractivity contribution in [2.45, 2.75) is 6.92 Å². The third-order valence-corrected chi connectivity index (χ3v) is 1.30. The van der Waals surface area contributed by atoms with Crippen molar-refractivity contribution in [3.05, 3.63) is 29.9 Å². The van der Waals surface area contributed by atoms with E-state index in [0.29, 0.717) is 5.56 Å². The van der Waals surface area contributed by atoms with Crippen LogP contribution >= 0.6 is 0 Å². The maximum absolute atomic E-state index is 10.5. The predicted octanol–water partition coefficient (Wildman–Crippen LogP) is 0.686. The first-order chi connectivity index (χ1) is 4.74. The molecule has 0 aliphatic carbocycles. The van der Waals surface area contributed by atoms with Crippen LogP contribution in [0.1, 0.15) is 23.0 Å². The normalized spacial score (nSPS) is 9.70. The summed E-state index contributed by atoms with van der Waals surface area (Å²) in [4.78, 5) is 13.4. The van der Waals surface area contributed by atoms with Gasteiger partial charge in [-0.1, -0.05) is 6.92 Å². The van der Waals surface area contributed by atoms with Crippen molar-refractivity contribution in [1.29, 1.82) is 0 Å². The van der Waals surface area contributed by atoms with Crippen LogP contribution in [-0.4, -0.2) is 10.9 Å². The Hall–Kier alpha value is -1.25. The molecule has 0 aliphatic rings. The van der Waals surface area contributed by atoms with Crippen molar-refractivity contribution in [2.75, 3.05) is 0 Å². The summed E-state index contributed by atoms with van der Waals surface area (Å²) < 4.78 is 0. The lowest BCUT2D eigenvalue weighted by Crippen LogP contribution is -2.09. The number of amides is 1. The Bertz CT molecular complexity index is 240. The van der Waals surface area contributed by atoms with Crippen LogP contribution in [0.2, 0.25) is 0 Å². The van der Waals surface area contributed by atoms with E-state index < -0.39 is 5.91 Å². The van der Waals surface area contributed by atoms with Crippen molar-refractivity contribution in [3.8, 4) is 0 Å². The topological polar surface area (TPSA) is 58.9 Å². The number of carbonyl (C=O) groups is 1. The lowest BCUT2D eigenvalue weighted by atomic mass is 10.3. The van der Waals surface area contributed by atoms with E-state index in [-0.39, 0.29) is 0 Å². The molecule has 3 heteroatoms. The van der Waals surface area contributed by atoms with E-state index in [2.05, 4.69) is 4.98 Å². The maximum Gasteiger partial charge on any atom is 0.250 e. The molecule has 1 rings (SSSR count). The van der Waals surface area contributed by atoms with E-state index in [4.69, 9.17) is 5.73 Å². The molecule has 0 atom stereocenters. The lowest BCUT2D eigenvalue weighted by Gasteiger charge is -1.83. The van der Waals surface area contributed by atoms with Crippen LogP contribution < -0.4 is 5.73 Å². The highest BCUT2D eigenvalue weighted by Crippen LogP contribution is 2.03. The smallest absolute Gasteiger partial charge is 0.250 e. The molecule has 0 unspecified atom stereocenters. The molecular weight excluding hydrogens is 128 g/mol. The largest absolute Gasteiger partial charge is 0.366 e. The van der Waals surface area contributed by atoms with Gasteiger partial charge in [-0.2, -0.15) is 0 Å². The molecule has 3 nitrogen and oxygen atoms in total. The third-order valence-electron chi connectivity index (χ3n) is 1.30. The number of primary amides is 1. The van der Waals surface area contributed by atoms with Crippen LogP contribution in [0.4, 0.5) is 0 Å². The van der Waals surface area contributed by atoms with Crippen molar-refractivity contribution in [2.24, 2.45) is 5.73 Å². The Morgan fingerprint density at radius 1 is 1.80 bits per heavy atom. The average Bonchev–Trinajstić information content (AvgIpc) is 2.34. The van der Waals surface area contributed by atoms with Crippen LogP contribution in [0.5, 0.6) is 0 Å². The van der Waals surface area contributed by atoms with Crippen LogP contribution in [0.15, 0.2) is 12.3 Å². The second-order valence-corrected chi connectivity index (χ2v) is 2.00. The Kier molecular flexibility index (Phi) is 1.76. The quantitative estimate of drug-likeness (QED) is 0.618. The molecule has 53 valence electrons. The number of hydrogen-bond acceptors (Lipinski definition) is 1. The number of H-pyrrole nitrogens is 1. The minimum Gasteiger partial charge on any atom is -0.366 e. The summed E-state index contributed by atoms with van der Waals surface area (Å²) in [5.74, 6) is -0.399. The summed E-state index contributed by atoms with van der Waals surface area (Å²) in [5, 5.41) is 0. The van der Waals surface area contributed by atoms with Gasteiger partial charge in [-0.3, -0.25) is 4.79 Å². The molecule has 0 aliphatic heterocycles. The van der Waals surface area contributed by atoms with Gasteiger partial charge in [0.15, 0.2) is 0 Å². The molecule has 0 spiro atoms. The van der Waals surface area contributed by atoms with Crippen LogP contribution in [0.25, 0.3) is 0 Å². The number of aromatic amines is 1. The number of rotatable bonds is 2. The van der Waals surface area contributed by atoms with E-state index in [1.165, 1.54) is 0 Å². The lowest BCUT2D eigenvalue weighted by molar-refractivity contribution is 0.100. The van der Waals surface area contributed by atoms with E-state index in [0.717, 1.165) is 5.69 Å². The molecule has 0 aromatic carbocycles. The molecule has 0 saturated carbocycles. The predicted molar refractivity (Wildman–Crippen MR) is 38.4 cm³/mol. The zero-order valence-corrected chi connectivity index (χ0v) is 5.72. The standard InChI is InChI=1S/C7H9N2O/c1-2-6-3-5(4-9-6)7(8)10/h2-4,9H,1H3,(H2,8,10). The Morgan fingerprint density at radius 3 is 2.80 bits per heavy atom. The average molecular weight is 137 g/mol. The highest BCUT2D eigenvalue weighted by molar-refractivity contribution is 5.92. The van der Waals surface area contributed by atoms with Gasteiger partial charge in [0.05, 0.1) is 5.56 Å². The number of carbonyl (C=O) groups excluding carboxylic acids is 1. The SMILES string of the molecule is C[CH]c1cc(C(N)=O)c[nH]1. The van der Waals surface area contributed by atoms with E-state index in [1.54, 1.807) is 12.3 Å². The number of aromatic nitrogens is 1. The van der Waals surface area contributed by atoms with Crippen molar-refractivity contribution >= 4 is 5.91 Å². The fourth-order valence-corrected chi connectivity index (χ4v) is 0.721. The summed E-state index contributed by atoms with van der Waals surface area (Å²) >= 11 is 0. The zero-order valence-electron chi connectivity index (χ0n) is 5.72. The molecule has 0 fully saturated rings. The molecule has 1 aromatic rings. The molecular formula is C7H9N2O. The van der Waals surface area contributed by atoms with Crippen LogP contribution in [-0.2, 0) is 0 Å². The zero-order chi connectivity index (χ0) is 7.56. The number of nitrogens with two attached hydrogens (primary N) is 1. The molecule has 1 heterocycles. The second kappa shape index (κ2) is 2.56. The first-order valence-corrected chi connectivity index (χ1v) is 3.01. The van der Waals surface area contributed by atoms with Gasteiger partial charge in [0.1, 0.15) is 0 Å². The van der Waals surface area contributed by atoms with Gasteiger partial charge in [-0.05, 0) is 6.07 Å². The van der Waals surface area contributed by atoms with E-state index in [1.807, 2.05) is 13.3 Å². The number of nitrogens with one attached hydrogen (secondary N) is 1. The summed E-state index contributed by atoms with van der Waals surface area (Å²) in [6.45, 7) is 1.89. The maximum atomic E-state index is 10.5. The Labute approximate surface area is 59.2 Å². The van der Waals surface area contributed by atoms with Crippen molar-refractivity contribution in [1.82, 2.24) is 4.98 Å². The van der Waals surface area contributed by atoms with E-state index in [9.17, 15) is 4.79 Å². The Morgan fingerprint density at radius 2 is 2.50 bits per heavy atom.